The van der Waals surface area contributed by atoms with E-state index < -0.39 is 21.6 Å². The topological polar surface area (TPSA) is 58.5 Å². The number of nitrogens with one attached hydrogen (secondary N) is 1. The fourth-order valence-corrected chi connectivity index (χ4v) is 5.99. The van der Waals surface area contributed by atoms with Gasteiger partial charge < -0.3 is 5.32 Å². The van der Waals surface area contributed by atoms with E-state index in [-0.39, 0.29) is 22.8 Å². The second-order valence-corrected chi connectivity index (χ2v) is 8.32. The van der Waals surface area contributed by atoms with E-state index in [0.717, 1.165) is 12.1 Å². The van der Waals surface area contributed by atoms with E-state index in [9.17, 15) is 21.6 Å². The summed E-state index contributed by atoms with van der Waals surface area (Å²) >= 11 is 1.27. The van der Waals surface area contributed by atoms with E-state index in [4.69, 9.17) is 0 Å². The van der Waals surface area contributed by atoms with Crippen molar-refractivity contribution in [1.82, 2.24) is 0 Å². The molecule has 0 spiro atoms. The third-order valence-electron chi connectivity index (χ3n) is 3.26. The molecule has 1 aromatic carbocycles. The molecule has 4 nitrogen and oxygen atoms in total. The molecule has 3 rings (SSSR count). The van der Waals surface area contributed by atoms with Gasteiger partial charge in [0, 0.05) is 10.9 Å². The minimum absolute atomic E-state index is 0.0123. The number of halogens is 3. The Balaban J connectivity index is 1.74. The molecule has 2 atom stereocenters. The number of sulfone groups is 1. The summed E-state index contributed by atoms with van der Waals surface area (Å²) in [6.07, 6.45) is -4.40. The molecule has 0 aliphatic carbocycles. The Bertz CT molecular complexity index is 701. The van der Waals surface area contributed by atoms with Crippen LogP contribution in [0.15, 0.2) is 29.3 Å². The number of benzene rings is 1. The predicted molar refractivity (Wildman–Crippen MR) is 76.3 cm³/mol. The summed E-state index contributed by atoms with van der Waals surface area (Å²) < 4.78 is 60.7. The molecule has 9 heteroatoms. The number of thioether (sulfide) groups is 1. The molecule has 2 heterocycles. The number of hydrogen-bond acceptors (Lipinski definition) is 5. The normalized spacial score (nSPS) is 27.3. The highest BCUT2D eigenvalue weighted by atomic mass is 32.2. The number of amidine groups is 1. The lowest BCUT2D eigenvalue weighted by molar-refractivity contribution is -0.137. The zero-order valence-corrected chi connectivity index (χ0v) is 12.2. The van der Waals surface area contributed by atoms with E-state index in [1.54, 1.807) is 0 Å². The van der Waals surface area contributed by atoms with Crippen LogP contribution in [0.2, 0.25) is 0 Å². The zero-order chi connectivity index (χ0) is 15.3. The predicted octanol–water partition coefficient (Wildman–Crippen LogP) is 2.39. The van der Waals surface area contributed by atoms with Crippen molar-refractivity contribution >= 4 is 32.5 Å². The SMILES string of the molecule is O=S1(=O)C[C@@H]2SC(Nc3cccc(C(F)(F)F)c3)=N[C@@H]2C1. The maximum absolute atomic E-state index is 12.6. The van der Waals surface area contributed by atoms with Gasteiger partial charge in [0.1, 0.15) is 0 Å². The number of alkyl halides is 3. The van der Waals surface area contributed by atoms with Crippen molar-refractivity contribution in [1.29, 1.82) is 0 Å². The van der Waals surface area contributed by atoms with Crippen LogP contribution in [-0.2, 0) is 16.0 Å². The Labute approximate surface area is 123 Å². The van der Waals surface area contributed by atoms with Crippen LogP contribution in [0.25, 0.3) is 0 Å². The molecule has 0 saturated carbocycles. The lowest BCUT2D eigenvalue weighted by atomic mass is 10.2. The summed E-state index contributed by atoms with van der Waals surface area (Å²) in [7, 11) is -3.03. The van der Waals surface area contributed by atoms with E-state index in [0.29, 0.717) is 10.9 Å². The monoisotopic (exact) mass is 336 g/mol. The van der Waals surface area contributed by atoms with Gasteiger partial charge in [0.15, 0.2) is 15.0 Å². The zero-order valence-electron chi connectivity index (χ0n) is 10.6. The molecule has 21 heavy (non-hydrogen) atoms. The highest BCUT2D eigenvalue weighted by Gasteiger charge is 2.42. The summed E-state index contributed by atoms with van der Waals surface area (Å²) in [6.45, 7) is 0. The fraction of sp³-hybridized carbons (Fsp3) is 0.417. The number of nitrogens with zero attached hydrogens (tertiary/aromatic N) is 1. The largest absolute Gasteiger partial charge is 0.416 e. The van der Waals surface area contributed by atoms with Gasteiger partial charge in [-0.05, 0) is 18.2 Å². The van der Waals surface area contributed by atoms with Crippen LogP contribution in [-0.4, -0.2) is 36.4 Å². The summed E-state index contributed by atoms with van der Waals surface area (Å²) in [5.74, 6) is 0.0814. The molecule has 114 valence electrons. The molecular formula is C12H11F3N2O2S2. The van der Waals surface area contributed by atoms with Gasteiger partial charge in [-0.3, -0.25) is 4.99 Å². The number of fused-ring (bicyclic) bond motifs is 1. The third kappa shape index (κ3) is 3.18. The van der Waals surface area contributed by atoms with E-state index in [1.807, 2.05) is 0 Å². The lowest BCUT2D eigenvalue weighted by Gasteiger charge is -2.10. The van der Waals surface area contributed by atoms with Crippen LogP contribution in [0, 0.1) is 0 Å². The molecular weight excluding hydrogens is 325 g/mol. The number of hydrogen-bond donors (Lipinski definition) is 1. The second-order valence-electron chi connectivity index (χ2n) is 4.94. The van der Waals surface area contributed by atoms with E-state index >= 15 is 0 Å². The summed E-state index contributed by atoms with van der Waals surface area (Å²) in [6, 6.07) is 4.54. The highest BCUT2D eigenvalue weighted by molar-refractivity contribution is 8.15. The summed E-state index contributed by atoms with van der Waals surface area (Å²) in [5, 5.41) is 3.16. The van der Waals surface area contributed by atoms with E-state index in [1.165, 1.54) is 23.9 Å². The first-order valence-electron chi connectivity index (χ1n) is 6.12. The minimum atomic E-state index is -4.40. The van der Waals surface area contributed by atoms with Crippen LogP contribution >= 0.6 is 11.8 Å². The Morgan fingerprint density at radius 1 is 1.29 bits per heavy atom. The smallest absolute Gasteiger partial charge is 0.335 e. The molecule has 1 saturated heterocycles. The maximum atomic E-state index is 12.6. The first-order chi connectivity index (χ1) is 9.73. The van der Waals surface area contributed by atoms with Crippen LogP contribution in [0.5, 0.6) is 0 Å². The van der Waals surface area contributed by atoms with E-state index in [2.05, 4.69) is 10.3 Å². The number of rotatable bonds is 1. The second kappa shape index (κ2) is 4.91. The average molecular weight is 336 g/mol. The highest BCUT2D eigenvalue weighted by Crippen LogP contribution is 2.35. The van der Waals surface area contributed by atoms with Crippen molar-refractivity contribution in [3.05, 3.63) is 29.8 Å². The molecule has 1 aromatic rings. The quantitative estimate of drug-likeness (QED) is 0.855. The van der Waals surface area contributed by atoms with Gasteiger partial charge >= 0.3 is 6.18 Å². The minimum Gasteiger partial charge on any atom is -0.335 e. The van der Waals surface area contributed by atoms with Gasteiger partial charge in [-0.1, -0.05) is 17.8 Å². The van der Waals surface area contributed by atoms with Crippen LogP contribution in [0.3, 0.4) is 0 Å². The average Bonchev–Trinajstić information content (AvgIpc) is 2.81. The van der Waals surface area contributed by atoms with Crippen LogP contribution < -0.4 is 5.32 Å². The molecule has 2 aliphatic heterocycles. The molecule has 2 aliphatic rings. The Morgan fingerprint density at radius 2 is 2.05 bits per heavy atom. The van der Waals surface area contributed by atoms with Crippen molar-refractivity contribution in [3.63, 3.8) is 0 Å². The van der Waals surface area contributed by atoms with Crippen LogP contribution in [0.1, 0.15) is 5.56 Å². The standard InChI is InChI=1S/C12H11F3N2O2S2/c13-12(14,15)7-2-1-3-8(4-7)16-11-17-9-5-21(18,19)6-10(9)20-11/h1-4,9-10H,5-6H2,(H,16,17)/t9-,10+/m1/s1. The summed E-state index contributed by atoms with van der Waals surface area (Å²) in [5.41, 5.74) is -0.447. The van der Waals surface area contributed by atoms with Gasteiger partial charge in [0.05, 0.1) is 23.1 Å². The molecule has 0 unspecified atom stereocenters. The van der Waals surface area contributed by atoms with Crippen molar-refractivity contribution in [2.75, 3.05) is 16.8 Å². The van der Waals surface area contributed by atoms with Crippen molar-refractivity contribution < 1.29 is 21.6 Å². The van der Waals surface area contributed by atoms with Crippen molar-refractivity contribution in [2.45, 2.75) is 17.5 Å². The maximum Gasteiger partial charge on any atom is 0.416 e. The molecule has 0 aromatic heterocycles. The van der Waals surface area contributed by atoms with Crippen molar-refractivity contribution in [2.24, 2.45) is 4.99 Å². The molecule has 0 amide bonds. The first kappa shape index (κ1) is 14.7. The van der Waals surface area contributed by atoms with Crippen LogP contribution in [0.4, 0.5) is 18.9 Å². The first-order valence-corrected chi connectivity index (χ1v) is 8.82. The lowest BCUT2D eigenvalue weighted by Crippen LogP contribution is -2.13. The molecule has 0 bridgehead atoms. The molecule has 0 radical (unpaired) electrons. The Hall–Kier alpha value is -1.22. The fourth-order valence-electron chi connectivity index (χ4n) is 2.31. The van der Waals surface area contributed by atoms with Crippen molar-refractivity contribution in [3.8, 4) is 0 Å². The Morgan fingerprint density at radius 3 is 2.71 bits per heavy atom. The van der Waals surface area contributed by atoms with Gasteiger partial charge in [-0.15, -0.1) is 0 Å². The molecule has 1 fully saturated rings. The third-order valence-corrected chi connectivity index (χ3v) is 6.40. The number of anilines is 1. The van der Waals surface area contributed by atoms with Gasteiger partial charge in [0.2, 0.25) is 0 Å². The van der Waals surface area contributed by atoms with Gasteiger partial charge in [-0.25, -0.2) is 8.42 Å². The molecule has 1 N–H and O–H groups in total. The summed E-state index contributed by atoms with van der Waals surface area (Å²) in [4.78, 5) is 4.24. The van der Waals surface area contributed by atoms with Gasteiger partial charge in [-0.2, -0.15) is 13.2 Å². The van der Waals surface area contributed by atoms with Gasteiger partial charge in [0.25, 0.3) is 0 Å². The Kier molecular flexibility index (Phi) is 3.44. The number of aliphatic imine (C=N–C) groups is 1.